The average Bonchev–Trinajstić information content (AvgIpc) is 3.26. The lowest BCUT2D eigenvalue weighted by Gasteiger charge is -2.17. The molecule has 1 N–H and O–H groups in total. The molecule has 0 aliphatic carbocycles. The lowest BCUT2D eigenvalue weighted by Crippen LogP contribution is -2.07. The molecule has 0 amide bonds. The summed E-state index contributed by atoms with van der Waals surface area (Å²) in [6.45, 7) is 8.65. The number of hydrogen-bond acceptors (Lipinski definition) is 8. The van der Waals surface area contributed by atoms with Crippen molar-refractivity contribution in [1.29, 1.82) is 0 Å². The molecule has 0 atom stereocenters. The third-order valence-corrected chi connectivity index (χ3v) is 6.36. The molecule has 2 aromatic carbocycles. The molecule has 0 spiro atoms. The summed E-state index contributed by atoms with van der Waals surface area (Å²) in [5, 5.41) is 7.41. The molecule has 0 fully saturated rings. The third kappa shape index (κ3) is 7.44. The normalized spacial score (nSPS) is 11.2. The van der Waals surface area contributed by atoms with E-state index in [2.05, 4.69) is 29.4 Å². The number of anilines is 1. The highest BCUT2D eigenvalue weighted by molar-refractivity contribution is 7.13. The van der Waals surface area contributed by atoms with Crippen molar-refractivity contribution in [3.63, 3.8) is 0 Å². The predicted molar refractivity (Wildman–Crippen MR) is 141 cm³/mol. The quantitative estimate of drug-likeness (QED) is 0.181. The Morgan fingerprint density at radius 3 is 2.77 bits per heavy atom. The molecule has 0 bridgehead atoms. The SMILES string of the molecule is CCOC(=O)Cc1csc(NN=Cc2ccc(OC)c(COc3cc(C)c(Cl)cc3C(C)C)c2)n1. The number of nitrogens with zero attached hydrogens (tertiary/aromatic N) is 2. The van der Waals surface area contributed by atoms with Crippen molar-refractivity contribution in [2.24, 2.45) is 5.10 Å². The number of halogens is 1. The second-order valence-electron chi connectivity index (χ2n) is 8.15. The van der Waals surface area contributed by atoms with E-state index < -0.39 is 0 Å². The van der Waals surface area contributed by atoms with E-state index in [4.69, 9.17) is 25.8 Å². The van der Waals surface area contributed by atoms with Crippen molar-refractivity contribution in [2.45, 2.75) is 46.6 Å². The molecule has 0 unspecified atom stereocenters. The number of hydrazone groups is 1. The van der Waals surface area contributed by atoms with Gasteiger partial charge in [-0.25, -0.2) is 4.98 Å². The first-order valence-corrected chi connectivity index (χ1v) is 12.5. The Labute approximate surface area is 215 Å². The van der Waals surface area contributed by atoms with Crippen LogP contribution in [0.5, 0.6) is 11.5 Å². The number of hydrogen-bond donors (Lipinski definition) is 1. The summed E-state index contributed by atoms with van der Waals surface area (Å²) in [6.07, 6.45) is 1.84. The third-order valence-electron chi connectivity index (χ3n) is 5.16. The van der Waals surface area contributed by atoms with Gasteiger partial charge in [-0.15, -0.1) is 11.3 Å². The molecule has 1 heterocycles. The fourth-order valence-corrected chi connectivity index (χ4v) is 4.19. The minimum absolute atomic E-state index is 0.142. The number of nitrogens with one attached hydrogen (secondary N) is 1. The zero-order valence-electron chi connectivity index (χ0n) is 20.6. The van der Waals surface area contributed by atoms with Gasteiger partial charge in [-0.2, -0.15) is 5.10 Å². The monoisotopic (exact) mass is 515 g/mol. The van der Waals surface area contributed by atoms with E-state index in [1.807, 2.05) is 42.6 Å². The van der Waals surface area contributed by atoms with Crippen molar-refractivity contribution < 1.29 is 19.0 Å². The van der Waals surface area contributed by atoms with Crippen LogP contribution in [0.2, 0.25) is 5.02 Å². The van der Waals surface area contributed by atoms with E-state index in [-0.39, 0.29) is 18.3 Å². The number of esters is 1. The van der Waals surface area contributed by atoms with E-state index in [1.165, 1.54) is 11.3 Å². The smallest absolute Gasteiger partial charge is 0.311 e. The molecule has 0 saturated heterocycles. The van der Waals surface area contributed by atoms with Gasteiger partial charge in [-0.05, 0) is 66.8 Å². The molecule has 7 nitrogen and oxygen atoms in total. The van der Waals surface area contributed by atoms with Gasteiger partial charge in [0.05, 0.1) is 32.0 Å². The number of benzene rings is 2. The van der Waals surface area contributed by atoms with Crippen molar-refractivity contribution in [2.75, 3.05) is 19.1 Å². The Morgan fingerprint density at radius 2 is 2.06 bits per heavy atom. The summed E-state index contributed by atoms with van der Waals surface area (Å²) >= 11 is 7.70. The van der Waals surface area contributed by atoms with E-state index in [0.717, 1.165) is 38.8 Å². The first-order chi connectivity index (χ1) is 16.8. The highest BCUT2D eigenvalue weighted by Gasteiger charge is 2.13. The van der Waals surface area contributed by atoms with Gasteiger partial charge in [0.15, 0.2) is 0 Å². The minimum atomic E-state index is -0.296. The van der Waals surface area contributed by atoms with Crippen LogP contribution in [-0.2, 0) is 22.6 Å². The van der Waals surface area contributed by atoms with E-state index in [9.17, 15) is 4.79 Å². The van der Waals surface area contributed by atoms with Gasteiger partial charge >= 0.3 is 5.97 Å². The topological polar surface area (TPSA) is 82.0 Å². The number of thiazole rings is 1. The molecule has 35 heavy (non-hydrogen) atoms. The molecule has 186 valence electrons. The Kier molecular flexibility index (Phi) is 9.51. The van der Waals surface area contributed by atoms with E-state index in [1.54, 1.807) is 20.2 Å². The Morgan fingerprint density at radius 1 is 1.26 bits per heavy atom. The van der Waals surface area contributed by atoms with Crippen LogP contribution < -0.4 is 14.9 Å². The van der Waals surface area contributed by atoms with Crippen LogP contribution in [-0.4, -0.2) is 30.9 Å². The van der Waals surface area contributed by atoms with Crippen molar-refractivity contribution in [3.8, 4) is 11.5 Å². The summed E-state index contributed by atoms with van der Waals surface area (Å²) in [4.78, 5) is 15.9. The first kappa shape index (κ1) is 26.5. The van der Waals surface area contributed by atoms with Crippen LogP contribution >= 0.6 is 22.9 Å². The average molecular weight is 516 g/mol. The molecular weight excluding hydrogens is 486 g/mol. The summed E-state index contributed by atoms with van der Waals surface area (Å²) in [7, 11) is 1.64. The summed E-state index contributed by atoms with van der Waals surface area (Å²) in [5.74, 6) is 1.52. The molecular formula is C26H30ClN3O4S. The molecule has 0 aliphatic rings. The Bertz CT molecular complexity index is 1190. The van der Waals surface area contributed by atoms with Crippen LogP contribution in [0, 0.1) is 6.92 Å². The van der Waals surface area contributed by atoms with Crippen LogP contribution in [0.25, 0.3) is 0 Å². The molecule has 0 radical (unpaired) electrons. The minimum Gasteiger partial charge on any atom is -0.496 e. The maximum atomic E-state index is 11.6. The van der Waals surface area contributed by atoms with Crippen LogP contribution in [0.4, 0.5) is 5.13 Å². The van der Waals surface area contributed by atoms with Gasteiger partial charge in [0.2, 0.25) is 5.13 Å². The Balaban J connectivity index is 1.68. The van der Waals surface area contributed by atoms with Crippen LogP contribution in [0.3, 0.4) is 0 Å². The number of aryl methyl sites for hydroxylation is 1. The second kappa shape index (κ2) is 12.6. The highest BCUT2D eigenvalue weighted by Crippen LogP contribution is 2.33. The van der Waals surface area contributed by atoms with Crippen molar-refractivity contribution >= 4 is 40.3 Å². The van der Waals surface area contributed by atoms with Crippen molar-refractivity contribution in [1.82, 2.24) is 4.98 Å². The molecule has 0 aliphatic heterocycles. The number of carbonyl (C=O) groups is 1. The first-order valence-electron chi connectivity index (χ1n) is 11.3. The van der Waals surface area contributed by atoms with Gasteiger partial charge in [-0.3, -0.25) is 10.2 Å². The maximum Gasteiger partial charge on any atom is 0.311 e. The summed E-state index contributed by atoms with van der Waals surface area (Å²) in [5.41, 5.74) is 7.35. The standard InChI is InChI=1S/C26H30ClN3O4S/c1-6-33-25(31)11-20-15-35-26(29-20)30-28-13-18-7-8-23(32-5)19(10-18)14-34-24-9-17(4)22(27)12-21(24)16(2)3/h7-10,12-13,15-16H,6,11,14H2,1-5H3,(H,29,30). The van der Waals surface area contributed by atoms with Crippen molar-refractivity contribution in [3.05, 3.63) is 68.7 Å². The van der Waals surface area contributed by atoms with Gasteiger partial charge in [0, 0.05) is 16.0 Å². The number of methoxy groups -OCH3 is 1. The van der Waals surface area contributed by atoms with Crippen LogP contribution in [0.1, 0.15) is 54.6 Å². The lowest BCUT2D eigenvalue weighted by molar-refractivity contribution is -0.142. The zero-order valence-corrected chi connectivity index (χ0v) is 22.1. The number of aromatic nitrogens is 1. The van der Waals surface area contributed by atoms with Gasteiger partial charge < -0.3 is 14.2 Å². The number of ether oxygens (including phenoxy) is 3. The van der Waals surface area contributed by atoms with E-state index in [0.29, 0.717) is 24.0 Å². The maximum absolute atomic E-state index is 11.6. The van der Waals surface area contributed by atoms with Gasteiger partial charge in [0.1, 0.15) is 18.1 Å². The van der Waals surface area contributed by atoms with E-state index >= 15 is 0 Å². The molecule has 3 rings (SSSR count). The molecule has 1 aromatic heterocycles. The lowest BCUT2D eigenvalue weighted by atomic mass is 10.0. The highest BCUT2D eigenvalue weighted by atomic mass is 35.5. The molecule has 0 saturated carbocycles. The van der Waals surface area contributed by atoms with Gasteiger partial charge in [-0.1, -0.05) is 25.4 Å². The molecule has 9 heteroatoms. The van der Waals surface area contributed by atoms with Gasteiger partial charge in [0.25, 0.3) is 0 Å². The number of rotatable bonds is 11. The second-order valence-corrected chi connectivity index (χ2v) is 9.41. The Hall–Kier alpha value is -3.10. The number of carbonyl (C=O) groups excluding carboxylic acids is 1. The fourth-order valence-electron chi connectivity index (χ4n) is 3.36. The summed E-state index contributed by atoms with van der Waals surface area (Å²) < 4.78 is 16.7. The predicted octanol–water partition coefficient (Wildman–Crippen LogP) is 6.37. The van der Waals surface area contributed by atoms with Crippen LogP contribution in [0.15, 0.2) is 40.8 Å². The fraction of sp³-hybridized carbons (Fsp3) is 0.346. The largest absolute Gasteiger partial charge is 0.496 e. The summed E-state index contributed by atoms with van der Waals surface area (Å²) in [6, 6.07) is 9.71. The molecule has 3 aromatic rings. The zero-order chi connectivity index (χ0) is 25.4.